The molecule has 1 aliphatic heterocycles. The normalized spacial score (nSPS) is 22.4. The second-order valence-corrected chi connectivity index (χ2v) is 6.45. The highest BCUT2D eigenvalue weighted by atomic mass is 35.5. The summed E-state index contributed by atoms with van der Waals surface area (Å²) in [4.78, 5) is 1.77. The summed E-state index contributed by atoms with van der Waals surface area (Å²) in [6.45, 7) is 1.74. The third-order valence-corrected chi connectivity index (χ3v) is 4.82. The van der Waals surface area contributed by atoms with Crippen LogP contribution in [-0.2, 0) is 11.4 Å². The molecule has 2 aromatic carbocycles. The molecular weight excluding hydrogens is 282 g/mol. The van der Waals surface area contributed by atoms with Gasteiger partial charge in [-0.3, -0.25) is 4.90 Å². The van der Waals surface area contributed by atoms with Crippen molar-refractivity contribution in [3.05, 3.63) is 71.5 Å². The van der Waals surface area contributed by atoms with Crippen LogP contribution in [0.5, 0.6) is 0 Å². The van der Waals surface area contributed by atoms with Crippen molar-refractivity contribution in [2.45, 2.75) is 11.4 Å². The fourth-order valence-electron chi connectivity index (χ4n) is 3.31. The number of nitrogens with zero attached hydrogens (tertiary/aromatic N) is 1. The van der Waals surface area contributed by atoms with Crippen LogP contribution >= 0.6 is 11.6 Å². The Bertz CT molecular complexity index is 810. The minimum Gasteiger partial charge on any atom is -0.464 e. The molecule has 2 heterocycles. The number of furan rings is 1. The topological polar surface area (TPSA) is 16.4 Å². The molecule has 0 fully saturated rings. The minimum atomic E-state index is -0.505. The zero-order chi connectivity index (χ0) is 14.4. The van der Waals surface area contributed by atoms with Crippen LogP contribution < -0.4 is 0 Å². The third kappa shape index (κ3) is 1.98. The predicted octanol–water partition coefficient (Wildman–Crippen LogP) is 4.36. The third-order valence-electron chi connectivity index (χ3n) is 4.28. The SMILES string of the molecule is CN1Cc2ccccc2C(Cl)(c2ccc3occc3c2)C1. The first-order valence-electron chi connectivity index (χ1n) is 7.10. The maximum absolute atomic E-state index is 7.12. The first kappa shape index (κ1) is 12.9. The van der Waals surface area contributed by atoms with Gasteiger partial charge >= 0.3 is 0 Å². The molecule has 0 N–H and O–H groups in total. The first-order chi connectivity index (χ1) is 10.2. The molecule has 1 atom stereocenters. The Morgan fingerprint density at radius 1 is 1.14 bits per heavy atom. The fourth-order valence-corrected chi connectivity index (χ4v) is 3.81. The lowest BCUT2D eigenvalue weighted by molar-refractivity contribution is 0.279. The van der Waals surface area contributed by atoms with E-state index in [9.17, 15) is 0 Å². The molecule has 1 aliphatic rings. The summed E-state index contributed by atoms with van der Waals surface area (Å²) < 4.78 is 5.43. The van der Waals surface area contributed by atoms with Crippen LogP contribution in [0.1, 0.15) is 16.7 Å². The van der Waals surface area contributed by atoms with Crippen LogP contribution in [0.25, 0.3) is 11.0 Å². The molecule has 0 aliphatic carbocycles. The Hall–Kier alpha value is -1.77. The lowest BCUT2D eigenvalue weighted by atomic mass is 9.83. The number of hydrogen-bond donors (Lipinski definition) is 0. The number of rotatable bonds is 1. The Kier molecular flexibility index (Phi) is 2.84. The largest absolute Gasteiger partial charge is 0.464 e. The van der Waals surface area contributed by atoms with Crippen LogP contribution in [0.2, 0.25) is 0 Å². The molecule has 0 spiro atoms. The second-order valence-electron chi connectivity index (χ2n) is 5.80. The van der Waals surface area contributed by atoms with Gasteiger partial charge in [-0.25, -0.2) is 0 Å². The monoisotopic (exact) mass is 297 g/mol. The van der Waals surface area contributed by atoms with Crippen molar-refractivity contribution >= 4 is 22.6 Å². The van der Waals surface area contributed by atoms with E-state index in [1.54, 1.807) is 6.26 Å². The second kappa shape index (κ2) is 4.62. The zero-order valence-corrected chi connectivity index (χ0v) is 12.6. The van der Waals surface area contributed by atoms with Gasteiger partial charge in [0.1, 0.15) is 10.5 Å². The Morgan fingerprint density at radius 2 is 2.00 bits per heavy atom. The molecule has 0 saturated heterocycles. The summed E-state index contributed by atoms with van der Waals surface area (Å²) in [5.41, 5.74) is 4.54. The first-order valence-corrected chi connectivity index (χ1v) is 7.48. The maximum Gasteiger partial charge on any atom is 0.133 e. The van der Waals surface area contributed by atoms with E-state index in [1.807, 2.05) is 12.1 Å². The van der Waals surface area contributed by atoms with Gasteiger partial charge in [0.05, 0.1) is 6.26 Å². The quantitative estimate of drug-likeness (QED) is 0.621. The number of fused-ring (bicyclic) bond motifs is 2. The molecule has 3 heteroatoms. The highest BCUT2D eigenvalue weighted by Crippen LogP contribution is 2.43. The fraction of sp³-hybridized carbons (Fsp3) is 0.222. The van der Waals surface area contributed by atoms with E-state index in [4.69, 9.17) is 16.0 Å². The summed E-state index contributed by atoms with van der Waals surface area (Å²) in [7, 11) is 2.11. The highest BCUT2D eigenvalue weighted by molar-refractivity contribution is 6.26. The molecule has 1 unspecified atom stereocenters. The van der Waals surface area contributed by atoms with Gasteiger partial charge in [0.2, 0.25) is 0 Å². The van der Waals surface area contributed by atoms with E-state index in [2.05, 4.69) is 48.3 Å². The van der Waals surface area contributed by atoms with Gasteiger partial charge in [-0.1, -0.05) is 30.3 Å². The van der Waals surface area contributed by atoms with E-state index < -0.39 is 4.87 Å². The Balaban J connectivity index is 1.92. The molecule has 0 radical (unpaired) electrons. The Morgan fingerprint density at radius 3 is 2.90 bits per heavy atom. The van der Waals surface area contributed by atoms with Crippen LogP contribution in [0.3, 0.4) is 0 Å². The van der Waals surface area contributed by atoms with Gasteiger partial charge in [-0.15, -0.1) is 11.6 Å². The van der Waals surface area contributed by atoms with Crippen molar-refractivity contribution < 1.29 is 4.42 Å². The van der Waals surface area contributed by atoms with Gasteiger partial charge < -0.3 is 4.42 Å². The average molecular weight is 298 g/mol. The zero-order valence-electron chi connectivity index (χ0n) is 11.8. The number of benzene rings is 2. The lowest BCUT2D eigenvalue weighted by Gasteiger charge is -2.39. The van der Waals surface area contributed by atoms with E-state index >= 15 is 0 Å². The van der Waals surface area contributed by atoms with Gasteiger partial charge in [0.15, 0.2) is 0 Å². The van der Waals surface area contributed by atoms with Crippen molar-refractivity contribution in [2.24, 2.45) is 0 Å². The summed E-state index contributed by atoms with van der Waals surface area (Å²) in [6, 6.07) is 16.7. The number of likely N-dealkylation sites (N-methyl/N-ethyl adjacent to an activating group) is 1. The molecule has 1 aromatic heterocycles. The van der Waals surface area contributed by atoms with E-state index in [-0.39, 0.29) is 0 Å². The minimum absolute atomic E-state index is 0.505. The van der Waals surface area contributed by atoms with E-state index in [0.717, 1.165) is 29.6 Å². The van der Waals surface area contributed by atoms with Gasteiger partial charge in [0, 0.05) is 18.5 Å². The standard InChI is InChI=1S/C18H16ClNO/c1-20-11-14-4-2-3-5-16(14)18(19,12-20)15-6-7-17-13(10-15)8-9-21-17/h2-10H,11-12H2,1H3. The lowest BCUT2D eigenvalue weighted by Crippen LogP contribution is -2.41. The molecule has 2 nitrogen and oxygen atoms in total. The van der Waals surface area contributed by atoms with Crippen molar-refractivity contribution in [3.8, 4) is 0 Å². The van der Waals surface area contributed by atoms with Gasteiger partial charge in [0.25, 0.3) is 0 Å². The van der Waals surface area contributed by atoms with Gasteiger partial charge in [-0.2, -0.15) is 0 Å². The molecule has 21 heavy (non-hydrogen) atoms. The molecule has 0 bridgehead atoms. The number of alkyl halides is 1. The molecule has 0 saturated carbocycles. The van der Waals surface area contributed by atoms with Crippen molar-refractivity contribution in [1.82, 2.24) is 4.90 Å². The number of halogens is 1. The summed E-state index contributed by atoms with van der Waals surface area (Å²) in [5, 5.41) is 1.10. The molecule has 0 amide bonds. The summed E-state index contributed by atoms with van der Waals surface area (Å²) >= 11 is 7.12. The highest BCUT2D eigenvalue weighted by Gasteiger charge is 2.38. The average Bonchev–Trinajstić information content (AvgIpc) is 2.94. The van der Waals surface area contributed by atoms with E-state index in [1.165, 1.54) is 11.1 Å². The molecule has 106 valence electrons. The predicted molar refractivity (Wildman–Crippen MR) is 85.6 cm³/mol. The van der Waals surface area contributed by atoms with Crippen LogP contribution in [0, 0.1) is 0 Å². The van der Waals surface area contributed by atoms with Crippen molar-refractivity contribution in [2.75, 3.05) is 13.6 Å². The van der Waals surface area contributed by atoms with Crippen LogP contribution in [-0.4, -0.2) is 18.5 Å². The van der Waals surface area contributed by atoms with Crippen LogP contribution in [0.4, 0.5) is 0 Å². The van der Waals surface area contributed by atoms with Gasteiger partial charge in [-0.05, 0) is 41.9 Å². The molecule has 3 aromatic rings. The summed E-state index contributed by atoms with van der Waals surface area (Å²) in [6.07, 6.45) is 1.72. The Labute approximate surface area is 128 Å². The smallest absolute Gasteiger partial charge is 0.133 e. The van der Waals surface area contributed by atoms with E-state index in [0.29, 0.717) is 0 Å². The molecule has 4 rings (SSSR count). The van der Waals surface area contributed by atoms with Crippen LogP contribution in [0.15, 0.2) is 59.2 Å². The number of hydrogen-bond acceptors (Lipinski definition) is 2. The van der Waals surface area contributed by atoms with Crippen molar-refractivity contribution in [1.29, 1.82) is 0 Å². The van der Waals surface area contributed by atoms with Crippen molar-refractivity contribution in [3.63, 3.8) is 0 Å². The molecular formula is C18H16ClNO. The maximum atomic E-state index is 7.12. The summed E-state index contributed by atoms with van der Waals surface area (Å²) in [5.74, 6) is 0.